The molecule has 1 nitrogen and oxygen atoms in total. The van der Waals surface area contributed by atoms with Crippen molar-refractivity contribution < 1.29 is 4.74 Å². The Hall–Kier alpha value is -2.12. The molecule has 1 heteroatoms. The van der Waals surface area contributed by atoms with Gasteiger partial charge in [-0.1, -0.05) is 78.8 Å². The minimum atomic E-state index is -0.0125. The van der Waals surface area contributed by atoms with Gasteiger partial charge in [0.1, 0.15) is 0 Å². The number of rotatable bonds is 8. The van der Waals surface area contributed by atoms with E-state index in [1.165, 1.54) is 53.5 Å². The number of unbranched alkanes of at least 4 members (excludes halogenated alkanes) is 2. The molecule has 0 fully saturated rings. The molecule has 0 saturated heterocycles. The Kier molecular flexibility index (Phi) is 6.06. The van der Waals surface area contributed by atoms with Crippen molar-refractivity contribution in [2.75, 3.05) is 6.61 Å². The van der Waals surface area contributed by atoms with E-state index in [9.17, 15) is 0 Å². The first-order valence-corrected chi connectivity index (χ1v) is 11.2. The Bertz CT molecular complexity index is 851. The van der Waals surface area contributed by atoms with Crippen LogP contribution in [0.15, 0.2) is 72.3 Å². The van der Waals surface area contributed by atoms with Gasteiger partial charge in [-0.05, 0) is 74.6 Å². The molecule has 2 aromatic carbocycles. The van der Waals surface area contributed by atoms with E-state index >= 15 is 0 Å². The van der Waals surface area contributed by atoms with Crippen molar-refractivity contribution >= 4 is 0 Å². The highest BCUT2D eigenvalue weighted by Crippen LogP contribution is 2.48. The highest BCUT2D eigenvalue weighted by Gasteiger charge is 2.29. The van der Waals surface area contributed by atoms with Gasteiger partial charge in [-0.2, -0.15) is 0 Å². The van der Waals surface area contributed by atoms with E-state index in [1.807, 2.05) is 0 Å². The predicted molar refractivity (Wildman–Crippen MR) is 123 cm³/mol. The third-order valence-corrected chi connectivity index (χ3v) is 6.10. The molecule has 2 aliphatic carbocycles. The van der Waals surface area contributed by atoms with Crippen molar-refractivity contribution in [1.82, 2.24) is 0 Å². The molecule has 0 saturated carbocycles. The standard InChI is InChI=1S/C28H34O/c1-28(2,3)29-18-10-4-5-11-21-16-17-22(19-21)20-27-25-14-8-6-12-23(25)24-13-7-9-15-26(24)27/h6-9,12-17,19,22,27H,4-5,10-11,18,20H2,1-3H3. The Labute approximate surface area is 176 Å². The van der Waals surface area contributed by atoms with Crippen LogP contribution in [-0.4, -0.2) is 12.2 Å². The smallest absolute Gasteiger partial charge is 0.0598 e. The van der Waals surface area contributed by atoms with Gasteiger partial charge in [0.15, 0.2) is 0 Å². The van der Waals surface area contributed by atoms with Crippen LogP contribution in [0.1, 0.15) is 69.9 Å². The summed E-state index contributed by atoms with van der Waals surface area (Å²) in [6.45, 7) is 7.26. The first-order valence-electron chi connectivity index (χ1n) is 11.2. The van der Waals surface area contributed by atoms with E-state index in [4.69, 9.17) is 4.74 Å². The number of ether oxygens (including phenoxy) is 1. The van der Waals surface area contributed by atoms with Gasteiger partial charge < -0.3 is 4.74 Å². The van der Waals surface area contributed by atoms with Crippen LogP contribution in [0.3, 0.4) is 0 Å². The molecular formula is C28H34O. The molecule has 29 heavy (non-hydrogen) atoms. The highest BCUT2D eigenvalue weighted by molar-refractivity contribution is 5.78. The fourth-order valence-corrected chi connectivity index (χ4v) is 4.72. The summed E-state index contributed by atoms with van der Waals surface area (Å²) in [4.78, 5) is 0. The summed E-state index contributed by atoms with van der Waals surface area (Å²) in [5, 5.41) is 0. The Morgan fingerprint density at radius 3 is 2.14 bits per heavy atom. The molecule has 4 rings (SSSR count). The average Bonchev–Trinajstić information content (AvgIpc) is 3.27. The Morgan fingerprint density at radius 1 is 0.828 bits per heavy atom. The Balaban J connectivity index is 1.31. The minimum absolute atomic E-state index is 0.0125. The zero-order chi connectivity index (χ0) is 20.3. The van der Waals surface area contributed by atoms with Gasteiger partial charge in [0.25, 0.3) is 0 Å². The second-order valence-electron chi connectivity index (χ2n) is 9.50. The van der Waals surface area contributed by atoms with E-state index in [1.54, 1.807) is 0 Å². The molecule has 152 valence electrons. The third-order valence-electron chi connectivity index (χ3n) is 6.10. The molecular weight excluding hydrogens is 352 g/mol. The molecule has 2 aromatic rings. The van der Waals surface area contributed by atoms with Crippen LogP contribution in [-0.2, 0) is 4.74 Å². The maximum absolute atomic E-state index is 5.82. The molecule has 2 aliphatic rings. The maximum atomic E-state index is 5.82. The van der Waals surface area contributed by atoms with E-state index in [0.717, 1.165) is 13.0 Å². The summed E-state index contributed by atoms with van der Waals surface area (Å²) < 4.78 is 5.82. The van der Waals surface area contributed by atoms with Crippen molar-refractivity contribution in [1.29, 1.82) is 0 Å². The van der Waals surface area contributed by atoms with Crippen molar-refractivity contribution in [3.63, 3.8) is 0 Å². The first kappa shape index (κ1) is 20.2. The van der Waals surface area contributed by atoms with E-state index in [-0.39, 0.29) is 5.60 Å². The molecule has 1 unspecified atom stereocenters. The van der Waals surface area contributed by atoms with Gasteiger partial charge in [-0.15, -0.1) is 0 Å². The molecule has 0 N–H and O–H groups in total. The lowest BCUT2D eigenvalue weighted by atomic mass is 9.87. The molecule has 0 heterocycles. The zero-order valence-corrected chi connectivity index (χ0v) is 18.2. The molecule has 0 amide bonds. The SMILES string of the molecule is CC(C)(C)OCCCCCC1=CC(CC2c3ccccc3-c3ccccc32)C=C1. The lowest BCUT2D eigenvalue weighted by molar-refractivity contribution is -0.00469. The quantitative estimate of drug-likeness (QED) is 0.423. The fraction of sp³-hybridized carbons (Fsp3) is 0.429. The molecule has 0 aliphatic heterocycles. The van der Waals surface area contributed by atoms with Gasteiger partial charge in [-0.25, -0.2) is 0 Å². The highest BCUT2D eigenvalue weighted by atomic mass is 16.5. The summed E-state index contributed by atoms with van der Waals surface area (Å²) in [5.41, 5.74) is 7.37. The van der Waals surface area contributed by atoms with Crippen molar-refractivity contribution in [3.05, 3.63) is 83.5 Å². The topological polar surface area (TPSA) is 9.23 Å². The molecule has 0 bridgehead atoms. The second-order valence-corrected chi connectivity index (χ2v) is 9.50. The van der Waals surface area contributed by atoms with Gasteiger partial charge >= 0.3 is 0 Å². The lowest BCUT2D eigenvalue weighted by Gasteiger charge is -2.19. The molecule has 0 aromatic heterocycles. The van der Waals surface area contributed by atoms with Crippen LogP contribution in [0.2, 0.25) is 0 Å². The molecule has 0 spiro atoms. The van der Waals surface area contributed by atoms with E-state index in [0.29, 0.717) is 11.8 Å². The van der Waals surface area contributed by atoms with Gasteiger partial charge in [0.2, 0.25) is 0 Å². The van der Waals surface area contributed by atoms with Crippen LogP contribution in [0.4, 0.5) is 0 Å². The van der Waals surface area contributed by atoms with Gasteiger partial charge in [-0.3, -0.25) is 0 Å². The number of hydrogen-bond acceptors (Lipinski definition) is 1. The first-order chi connectivity index (χ1) is 14.0. The van der Waals surface area contributed by atoms with E-state index in [2.05, 4.69) is 87.5 Å². The monoisotopic (exact) mass is 386 g/mol. The molecule has 1 atom stereocenters. The van der Waals surface area contributed by atoms with Crippen LogP contribution in [0.25, 0.3) is 11.1 Å². The number of benzene rings is 2. The minimum Gasteiger partial charge on any atom is -0.376 e. The Morgan fingerprint density at radius 2 is 1.48 bits per heavy atom. The summed E-state index contributed by atoms with van der Waals surface area (Å²) in [7, 11) is 0. The molecule has 0 radical (unpaired) electrons. The summed E-state index contributed by atoms with van der Waals surface area (Å²) in [6.07, 6.45) is 13.3. The number of allylic oxidation sites excluding steroid dienone is 4. The van der Waals surface area contributed by atoms with E-state index < -0.39 is 0 Å². The normalized spacial score (nSPS) is 18.0. The van der Waals surface area contributed by atoms with Gasteiger partial charge in [0, 0.05) is 12.5 Å². The predicted octanol–water partition coefficient (Wildman–Crippen LogP) is 7.68. The van der Waals surface area contributed by atoms with Crippen molar-refractivity contribution in [2.24, 2.45) is 5.92 Å². The summed E-state index contributed by atoms with van der Waals surface area (Å²) in [6, 6.07) is 17.9. The number of hydrogen-bond donors (Lipinski definition) is 0. The van der Waals surface area contributed by atoms with Crippen molar-refractivity contribution in [2.45, 2.75) is 64.4 Å². The van der Waals surface area contributed by atoms with Crippen LogP contribution in [0.5, 0.6) is 0 Å². The lowest BCUT2D eigenvalue weighted by Crippen LogP contribution is -2.19. The van der Waals surface area contributed by atoms with Crippen LogP contribution >= 0.6 is 0 Å². The largest absolute Gasteiger partial charge is 0.376 e. The summed E-state index contributed by atoms with van der Waals surface area (Å²) in [5.74, 6) is 1.07. The number of fused-ring (bicyclic) bond motifs is 3. The van der Waals surface area contributed by atoms with Crippen LogP contribution in [0, 0.1) is 5.92 Å². The maximum Gasteiger partial charge on any atom is 0.0598 e. The zero-order valence-electron chi connectivity index (χ0n) is 18.2. The summed E-state index contributed by atoms with van der Waals surface area (Å²) >= 11 is 0. The van der Waals surface area contributed by atoms with Crippen molar-refractivity contribution in [3.8, 4) is 11.1 Å². The fourth-order valence-electron chi connectivity index (χ4n) is 4.72. The van der Waals surface area contributed by atoms with Gasteiger partial charge in [0.05, 0.1) is 5.60 Å². The second kappa shape index (κ2) is 8.71. The average molecular weight is 387 g/mol. The third kappa shape index (κ3) is 4.90. The van der Waals surface area contributed by atoms with Crippen LogP contribution < -0.4 is 0 Å².